The number of nitrogens with one attached hydrogen (secondary N) is 1. The van der Waals surface area contributed by atoms with Crippen molar-refractivity contribution in [1.29, 1.82) is 0 Å². The van der Waals surface area contributed by atoms with Gasteiger partial charge in [-0.2, -0.15) is 0 Å². The van der Waals surface area contributed by atoms with Crippen molar-refractivity contribution in [3.8, 4) is 0 Å². The second kappa shape index (κ2) is 6.51. The summed E-state index contributed by atoms with van der Waals surface area (Å²) in [5, 5.41) is 0.287. The monoisotopic (exact) mass is 368 g/mol. The maximum atomic E-state index is 12.3. The quantitative estimate of drug-likeness (QED) is 0.839. The smallest absolute Gasteiger partial charge is 0.241 e. The van der Waals surface area contributed by atoms with Crippen molar-refractivity contribution >= 4 is 39.3 Å². The number of carbonyl (C=O) groups excluding carboxylic acids is 1. The van der Waals surface area contributed by atoms with E-state index in [1.807, 2.05) is 24.3 Å². The van der Waals surface area contributed by atoms with Crippen molar-refractivity contribution < 1.29 is 13.2 Å². The highest BCUT2D eigenvalue weighted by atomic mass is 35.5. The van der Waals surface area contributed by atoms with Gasteiger partial charge in [0.1, 0.15) is 5.15 Å². The van der Waals surface area contributed by atoms with Crippen molar-refractivity contribution in [3.05, 3.63) is 58.9 Å². The van der Waals surface area contributed by atoms with Gasteiger partial charge < -0.3 is 0 Å². The number of halogens is 1. The molecule has 1 atom stereocenters. The first-order valence-corrected chi connectivity index (χ1v) is 9.83. The zero-order valence-corrected chi connectivity index (χ0v) is 14.3. The van der Waals surface area contributed by atoms with Gasteiger partial charge in [-0.05, 0) is 23.3 Å². The van der Waals surface area contributed by atoms with Crippen molar-refractivity contribution in [2.75, 3.05) is 5.75 Å². The molecular weight excluding hydrogens is 356 g/mol. The van der Waals surface area contributed by atoms with Gasteiger partial charge in [-0.15, -0.1) is 11.8 Å². The third-order valence-corrected chi connectivity index (χ3v) is 6.05. The third kappa shape index (κ3) is 3.85. The molecule has 2 aromatic rings. The van der Waals surface area contributed by atoms with Crippen LogP contribution in [-0.4, -0.2) is 25.1 Å². The Hall–Kier alpha value is -1.57. The number of benzene rings is 1. The number of sulfonamides is 1. The molecule has 0 bridgehead atoms. The molecule has 1 amide bonds. The molecule has 5 nitrogen and oxygen atoms in total. The second-order valence-corrected chi connectivity index (χ2v) is 8.29. The van der Waals surface area contributed by atoms with Crippen LogP contribution in [0.15, 0.2) is 47.5 Å². The zero-order valence-electron chi connectivity index (χ0n) is 11.9. The summed E-state index contributed by atoms with van der Waals surface area (Å²) in [7, 11) is -3.78. The lowest BCUT2D eigenvalue weighted by Gasteiger charge is -2.12. The Balaban J connectivity index is 1.71. The van der Waals surface area contributed by atoms with Gasteiger partial charge in [0.15, 0.2) is 0 Å². The Morgan fingerprint density at radius 3 is 2.83 bits per heavy atom. The summed E-state index contributed by atoms with van der Waals surface area (Å²) in [5.41, 5.74) is 1.34. The van der Waals surface area contributed by atoms with Gasteiger partial charge in [-0.3, -0.25) is 9.52 Å². The summed E-state index contributed by atoms with van der Waals surface area (Å²) in [6.45, 7) is 0. The van der Waals surface area contributed by atoms with E-state index in [2.05, 4.69) is 9.71 Å². The highest BCUT2D eigenvalue weighted by Gasteiger charge is 2.31. The minimum atomic E-state index is -3.78. The minimum Gasteiger partial charge on any atom is -0.273 e. The van der Waals surface area contributed by atoms with Gasteiger partial charge in [0.25, 0.3) is 0 Å². The van der Waals surface area contributed by atoms with Crippen LogP contribution in [0.5, 0.6) is 0 Å². The standard InChI is InChI=1S/C15H13ClN2O3S2/c16-14-6-5-10(7-17-14)9-23(20,21)18-15(19)12-8-22-13-4-2-1-3-11(12)13/h1-7,12H,8-9H2,(H,18,19). The molecule has 0 spiro atoms. The first-order chi connectivity index (χ1) is 10.9. The number of aromatic nitrogens is 1. The molecule has 3 rings (SSSR count). The number of fused-ring (bicyclic) bond motifs is 1. The lowest BCUT2D eigenvalue weighted by atomic mass is 10.0. The van der Waals surface area contributed by atoms with E-state index in [1.54, 1.807) is 17.8 Å². The molecule has 2 heterocycles. The van der Waals surface area contributed by atoms with Crippen LogP contribution in [0.2, 0.25) is 5.15 Å². The largest absolute Gasteiger partial charge is 0.273 e. The molecule has 0 aliphatic carbocycles. The predicted molar refractivity (Wildman–Crippen MR) is 89.9 cm³/mol. The third-order valence-electron chi connectivity index (χ3n) is 3.42. The summed E-state index contributed by atoms with van der Waals surface area (Å²) in [4.78, 5) is 17.2. The Labute approximate surface area is 143 Å². The Morgan fingerprint density at radius 2 is 2.09 bits per heavy atom. The van der Waals surface area contributed by atoms with Gasteiger partial charge >= 0.3 is 0 Å². The molecule has 0 saturated carbocycles. The zero-order chi connectivity index (χ0) is 16.4. The fourth-order valence-corrected chi connectivity index (χ4v) is 4.82. The van der Waals surface area contributed by atoms with E-state index in [0.717, 1.165) is 10.5 Å². The normalized spacial score (nSPS) is 16.8. The van der Waals surface area contributed by atoms with Gasteiger partial charge in [-0.1, -0.05) is 35.9 Å². The minimum absolute atomic E-state index is 0.287. The van der Waals surface area contributed by atoms with Crippen LogP contribution in [0.3, 0.4) is 0 Å². The Kier molecular flexibility index (Phi) is 4.61. The molecule has 1 aromatic carbocycles. The topological polar surface area (TPSA) is 76.1 Å². The molecule has 0 fully saturated rings. The second-order valence-electron chi connectivity index (χ2n) is 5.12. The van der Waals surface area contributed by atoms with E-state index in [1.165, 1.54) is 12.3 Å². The average Bonchev–Trinajstić information content (AvgIpc) is 2.93. The molecular formula is C15H13ClN2O3S2. The first kappa shape index (κ1) is 16.3. The average molecular weight is 369 g/mol. The van der Waals surface area contributed by atoms with Crippen LogP contribution >= 0.6 is 23.4 Å². The van der Waals surface area contributed by atoms with Crippen LogP contribution in [-0.2, 0) is 20.6 Å². The van der Waals surface area contributed by atoms with Crippen molar-refractivity contribution in [2.24, 2.45) is 0 Å². The van der Waals surface area contributed by atoms with Crippen LogP contribution in [0.4, 0.5) is 0 Å². The van der Waals surface area contributed by atoms with Crippen molar-refractivity contribution in [2.45, 2.75) is 16.6 Å². The Morgan fingerprint density at radius 1 is 1.30 bits per heavy atom. The fourth-order valence-electron chi connectivity index (χ4n) is 2.35. The number of carbonyl (C=O) groups is 1. The van der Waals surface area contributed by atoms with Gasteiger partial charge in [0.2, 0.25) is 15.9 Å². The maximum Gasteiger partial charge on any atom is 0.241 e. The Bertz CT molecular complexity index is 838. The maximum absolute atomic E-state index is 12.3. The van der Waals surface area contributed by atoms with Gasteiger partial charge in [0.05, 0.1) is 11.7 Å². The van der Waals surface area contributed by atoms with E-state index < -0.39 is 21.8 Å². The van der Waals surface area contributed by atoms with Crippen molar-refractivity contribution in [3.63, 3.8) is 0 Å². The first-order valence-electron chi connectivity index (χ1n) is 6.81. The van der Waals surface area contributed by atoms with Gasteiger partial charge in [-0.25, -0.2) is 13.4 Å². The molecule has 1 aliphatic rings. The van der Waals surface area contributed by atoms with Crippen LogP contribution < -0.4 is 4.72 Å². The summed E-state index contributed by atoms with van der Waals surface area (Å²) in [6.07, 6.45) is 1.38. The number of amides is 1. The molecule has 1 aliphatic heterocycles. The van der Waals surface area contributed by atoms with Crippen LogP contribution in [0.1, 0.15) is 17.0 Å². The molecule has 0 radical (unpaired) electrons. The van der Waals surface area contributed by atoms with E-state index in [-0.39, 0.29) is 10.9 Å². The molecule has 23 heavy (non-hydrogen) atoms. The molecule has 1 aromatic heterocycles. The van der Waals surface area contributed by atoms with E-state index in [9.17, 15) is 13.2 Å². The molecule has 1 N–H and O–H groups in total. The number of hydrogen-bond donors (Lipinski definition) is 1. The lowest BCUT2D eigenvalue weighted by Crippen LogP contribution is -2.35. The van der Waals surface area contributed by atoms with Crippen LogP contribution in [0, 0.1) is 0 Å². The molecule has 1 unspecified atom stereocenters. The summed E-state index contributed by atoms with van der Waals surface area (Å²) in [5.74, 6) is -0.716. The van der Waals surface area contributed by atoms with E-state index in [0.29, 0.717) is 11.3 Å². The number of hydrogen-bond acceptors (Lipinski definition) is 5. The molecule has 0 saturated heterocycles. The van der Waals surface area contributed by atoms with E-state index in [4.69, 9.17) is 11.6 Å². The number of pyridine rings is 1. The summed E-state index contributed by atoms with van der Waals surface area (Å²) >= 11 is 7.22. The highest BCUT2D eigenvalue weighted by Crippen LogP contribution is 2.39. The summed E-state index contributed by atoms with van der Waals surface area (Å²) in [6, 6.07) is 10.6. The summed E-state index contributed by atoms with van der Waals surface area (Å²) < 4.78 is 26.5. The highest BCUT2D eigenvalue weighted by molar-refractivity contribution is 7.99. The van der Waals surface area contributed by atoms with Crippen molar-refractivity contribution in [1.82, 2.24) is 9.71 Å². The molecule has 120 valence electrons. The predicted octanol–water partition coefficient (Wildman–Crippen LogP) is 2.57. The molecule has 8 heteroatoms. The van der Waals surface area contributed by atoms with Crippen LogP contribution in [0.25, 0.3) is 0 Å². The van der Waals surface area contributed by atoms with Gasteiger partial charge in [0, 0.05) is 16.8 Å². The number of nitrogens with zero attached hydrogens (tertiary/aromatic N) is 1. The number of thioether (sulfide) groups is 1. The number of rotatable bonds is 4. The fraction of sp³-hybridized carbons (Fsp3) is 0.200. The van der Waals surface area contributed by atoms with E-state index >= 15 is 0 Å². The lowest BCUT2D eigenvalue weighted by molar-refractivity contribution is -0.120. The SMILES string of the molecule is O=C(NS(=O)(=O)Cc1ccc(Cl)nc1)C1CSc2ccccc21.